The van der Waals surface area contributed by atoms with Crippen LogP contribution in [0.2, 0.25) is 0 Å². The maximum absolute atomic E-state index is 12.7. The minimum atomic E-state index is -0.311. The summed E-state index contributed by atoms with van der Waals surface area (Å²) in [6, 6.07) is 10.0. The molecule has 0 amide bonds. The number of anilines is 1. The number of esters is 1. The van der Waals surface area contributed by atoms with Gasteiger partial charge in [-0.3, -0.25) is 0 Å². The van der Waals surface area contributed by atoms with E-state index in [1.807, 2.05) is 37.3 Å². The van der Waals surface area contributed by atoms with Crippen LogP contribution in [-0.2, 0) is 29.0 Å². The van der Waals surface area contributed by atoms with E-state index in [4.69, 9.17) is 21.7 Å². The number of rotatable bonds is 6. The second-order valence-corrected chi connectivity index (χ2v) is 8.50. The summed E-state index contributed by atoms with van der Waals surface area (Å²) in [6.45, 7) is 7.45. The Morgan fingerprint density at radius 1 is 1.32 bits per heavy atom. The Hall–Kier alpha value is -1.96. The summed E-state index contributed by atoms with van der Waals surface area (Å²) in [5, 5.41) is 7.60. The van der Waals surface area contributed by atoms with Crippen molar-refractivity contribution in [1.82, 2.24) is 5.32 Å². The number of carbonyl (C=O) groups excluding carboxylic acids is 1. The number of hydrogen-bond acceptors (Lipinski definition) is 5. The van der Waals surface area contributed by atoms with Crippen LogP contribution < -0.4 is 10.6 Å². The fourth-order valence-electron chi connectivity index (χ4n) is 3.14. The van der Waals surface area contributed by atoms with E-state index in [1.54, 1.807) is 0 Å². The summed E-state index contributed by atoms with van der Waals surface area (Å²) in [6.07, 6.45) is 1.57. The summed E-state index contributed by atoms with van der Waals surface area (Å²) in [7, 11) is 0. The molecular formula is C21H26N2O3S2. The summed E-state index contributed by atoms with van der Waals surface area (Å²) < 4.78 is 11.4. The molecule has 0 saturated heterocycles. The van der Waals surface area contributed by atoms with Crippen molar-refractivity contribution >= 4 is 39.6 Å². The molecule has 3 rings (SSSR count). The predicted octanol–water partition coefficient (Wildman–Crippen LogP) is 4.65. The number of carbonyl (C=O) groups is 1. The molecule has 2 N–H and O–H groups in total. The van der Waals surface area contributed by atoms with Crippen LogP contribution in [0, 0.1) is 0 Å². The van der Waals surface area contributed by atoms with Gasteiger partial charge in [-0.15, -0.1) is 11.3 Å². The molecule has 7 heteroatoms. The van der Waals surface area contributed by atoms with Crippen molar-refractivity contribution in [2.45, 2.75) is 52.4 Å². The van der Waals surface area contributed by atoms with Crippen molar-refractivity contribution in [1.29, 1.82) is 0 Å². The van der Waals surface area contributed by atoms with Crippen LogP contribution in [0.1, 0.15) is 53.6 Å². The van der Waals surface area contributed by atoms with Gasteiger partial charge in [0.05, 0.1) is 24.4 Å². The van der Waals surface area contributed by atoms with E-state index in [9.17, 15) is 4.79 Å². The Morgan fingerprint density at radius 2 is 2.07 bits per heavy atom. The Kier molecular flexibility index (Phi) is 6.69. The number of thiocarbonyl (C=S) groups is 1. The van der Waals surface area contributed by atoms with Crippen molar-refractivity contribution in [2.75, 3.05) is 11.9 Å². The number of benzene rings is 1. The Balaban J connectivity index is 1.80. The molecule has 0 saturated carbocycles. The van der Waals surface area contributed by atoms with Crippen molar-refractivity contribution in [3.63, 3.8) is 0 Å². The fourth-order valence-corrected chi connectivity index (χ4v) is 4.50. The third-order valence-electron chi connectivity index (χ3n) is 4.94. The van der Waals surface area contributed by atoms with Gasteiger partial charge in [-0.1, -0.05) is 37.3 Å². The van der Waals surface area contributed by atoms with E-state index in [-0.39, 0.29) is 11.6 Å². The number of ether oxygens (including phenoxy) is 2. The zero-order valence-corrected chi connectivity index (χ0v) is 18.1. The Bertz CT molecular complexity index is 851. The molecule has 0 radical (unpaired) electrons. The van der Waals surface area contributed by atoms with E-state index in [0.717, 1.165) is 27.4 Å². The quantitative estimate of drug-likeness (QED) is 0.526. The van der Waals surface area contributed by atoms with Gasteiger partial charge in [0.25, 0.3) is 0 Å². The maximum Gasteiger partial charge on any atom is 0.341 e. The van der Waals surface area contributed by atoms with Gasteiger partial charge < -0.3 is 20.1 Å². The molecule has 0 bridgehead atoms. The first-order valence-corrected chi connectivity index (χ1v) is 10.7. The largest absolute Gasteiger partial charge is 0.462 e. The molecule has 28 heavy (non-hydrogen) atoms. The lowest BCUT2D eigenvalue weighted by atomic mass is 9.89. The maximum atomic E-state index is 12.7. The number of hydrogen-bond donors (Lipinski definition) is 2. The molecule has 0 spiro atoms. The minimum Gasteiger partial charge on any atom is -0.462 e. The van der Waals surface area contributed by atoms with Crippen LogP contribution in [0.3, 0.4) is 0 Å². The molecule has 2 heterocycles. The molecule has 1 aromatic carbocycles. The zero-order valence-electron chi connectivity index (χ0n) is 16.5. The molecule has 0 aliphatic carbocycles. The number of fused-ring (bicyclic) bond motifs is 1. The van der Waals surface area contributed by atoms with Gasteiger partial charge in [0.1, 0.15) is 5.00 Å². The van der Waals surface area contributed by atoms with Crippen molar-refractivity contribution in [2.24, 2.45) is 0 Å². The second kappa shape index (κ2) is 9.03. The van der Waals surface area contributed by atoms with Crippen LogP contribution >= 0.6 is 23.6 Å². The minimum absolute atomic E-state index is 0.265. The van der Waals surface area contributed by atoms with Crippen LogP contribution in [0.4, 0.5) is 5.00 Å². The smallest absolute Gasteiger partial charge is 0.341 e. The highest BCUT2D eigenvalue weighted by atomic mass is 32.1. The predicted molar refractivity (Wildman–Crippen MR) is 117 cm³/mol. The molecule has 0 unspecified atom stereocenters. The third kappa shape index (κ3) is 4.71. The van der Waals surface area contributed by atoms with Crippen LogP contribution in [-0.4, -0.2) is 23.3 Å². The number of thiophene rings is 1. The molecule has 1 aromatic heterocycles. The first kappa shape index (κ1) is 20.8. The lowest BCUT2D eigenvalue weighted by Crippen LogP contribution is -2.34. The van der Waals surface area contributed by atoms with Gasteiger partial charge in [0.2, 0.25) is 0 Å². The summed E-state index contributed by atoms with van der Waals surface area (Å²) in [5.74, 6) is -0.311. The fraction of sp³-hybridized carbons (Fsp3) is 0.429. The van der Waals surface area contributed by atoms with Gasteiger partial charge in [-0.2, -0.15) is 0 Å². The summed E-state index contributed by atoms with van der Waals surface area (Å²) in [5.41, 5.74) is 2.48. The first-order valence-electron chi connectivity index (χ1n) is 9.50. The molecule has 2 aromatic rings. The average Bonchev–Trinajstić information content (AvgIpc) is 3.04. The average molecular weight is 419 g/mol. The van der Waals surface area contributed by atoms with Gasteiger partial charge >= 0.3 is 5.97 Å². The molecule has 150 valence electrons. The van der Waals surface area contributed by atoms with E-state index in [1.165, 1.54) is 11.3 Å². The van der Waals surface area contributed by atoms with Gasteiger partial charge in [-0.05, 0) is 43.6 Å². The van der Waals surface area contributed by atoms with Gasteiger partial charge in [0.15, 0.2) is 5.11 Å². The highest BCUT2D eigenvalue weighted by molar-refractivity contribution is 7.80. The molecule has 1 atom stereocenters. The molecule has 0 fully saturated rings. The third-order valence-corrected chi connectivity index (χ3v) is 6.31. The summed E-state index contributed by atoms with van der Waals surface area (Å²) in [4.78, 5) is 13.8. The highest BCUT2D eigenvalue weighted by Crippen LogP contribution is 2.41. The summed E-state index contributed by atoms with van der Waals surface area (Å²) >= 11 is 6.97. The van der Waals surface area contributed by atoms with Gasteiger partial charge in [0, 0.05) is 17.8 Å². The highest BCUT2D eigenvalue weighted by Gasteiger charge is 2.35. The lowest BCUT2D eigenvalue weighted by Gasteiger charge is -2.33. The zero-order chi connectivity index (χ0) is 20.1. The lowest BCUT2D eigenvalue weighted by molar-refractivity contribution is -0.0548. The Morgan fingerprint density at radius 3 is 2.75 bits per heavy atom. The second-order valence-electron chi connectivity index (χ2n) is 6.99. The van der Waals surface area contributed by atoms with Crippen LogP contribution in [0.25, 0.3) is 0 Å². The SMILES string of the molecule is CCOC(=O)c1c(NC(=S)NCc2ccccc2)sc2c1C[C@](C)(CC)OC2. The number of nitrogens with one attached hydrogen (secondary N) is 2. The van der Waals surface area contributed by atoms with E-state index < -0.39 is 0 Å². The van der Waals surface area contributed by atoms with Crippen molar-refractivity contribution < 1.29 is 14.3 Å². The van der Waals surface area contributed by atoms with Crippen LogP contribution in [0.5, 0.6) is 0 Å². The monoisotopic (exact) mass is 418 g/mol. The standard InChI is InChI=1S/C21H26N2O3S2/c1-4-21(3)11-15-16(13-26-21)28-18(17(15)19(24)25-5-2)23-20(27)22-12-14-9-7-6-8-10-14/h6-10H,4-5,11-13H2,1-3H3,(H2,22,23,27)/t21-/m0/s1. The van der Waals surface area contributed by atoms with E-state index in [2.05, 4.69) is 24.5 Å². The van der Waals surface area contributed by atoms with Crippen molar-refractivity contribution in [3.05, 3.63) is 51.9 Å². The topological polar surface area (TPSA) is 59.6 Å². The molecule has 5 nitrogen and oxygen atoms in total. The van der Waals surface area contributed by atoms with Crippen molar-refractivity contribution in [3.8, 4) is 0 Å². The van der Waals surface area contributed by atoms with Crippen LogP contribution in [0.15, 0.2) is 30.3 Å². The normalized spacial score (nSPS) is 18.2. The molecule has 1 aliphatic heterocycles. The molecular weight excluding hydrogens is 392 g/mol. The first-order chi connectivity index (χ1) is 13.5. The van der Waals surface area contributed by atoms with Gasteiger partial charge in [-0.25, -0.2) is 4.79 Å². The van der Waals surface area contributed by atoms with E-state index in [0.29, 0.717) is 36.9 Å². The van der Waals surface area contributed by atoms with E-state index >= 15 is 0 Å². The molecule has 1 aliphatic rings. The Labute approximate surface area is 175 Å².